The first-order chi connectivity index (χ1) is 11.8. The second kappa shape index (κ2) is 8.49. The van der Waals surface area contributed by atoms with E-state index in [0.29, 0.717) is 5.96 Å². The number of aliphatic hydroxyl groups is 1. The summed E-state index contributed by atoms with van der Waals surface area (Å²) in [6.45, 7) is 11.3. The lowest BCUT2D eigenvalue weighted by molar-refractivity contribution is 0.0657. The molecule has 2 rings (SSSR count). The van der Waals surface area contributed by atoms with Gasteiger partial charge in [0.15, 0.2) is 5.96 Å². The highest BCUT2D eigenvalue weighted by atomic mass is 32.1. The zero-order valence-corrected chi connectivity index (χ0v) is 16.5. The third kappa shape index (κ3) is 5.57. The minimum absolute atomic E-state index is 0.249. The summed E-state index contributed by atoms with van der Waals surface area (Å²) in [6.07, 6.45) is 2.74. The Hall–Kier alpha value is -1.86. The number of nitrogens with zero attached hydrogens (tertiary/aromatic N) is 2. The Kier molecular flexibility index (Phi) is 6.61. The molecular formula is C18H28N4O2S. The molecule has 0 aliphatic heterocycles. The number of hydrogen-bond acceptors (Lipinski definition) is 5. The van der Waals surface area contributed by atoms with Crippen molar-refractivity contribution in [3.8, 4) is 0 Å². The molecule has 25 heavy (non-hydrogen) atoms. The van der Waals surface area contributed by atoms with Gasteiger partial charge in [-0.2, -0.15) is 0 Å². The zero-order valence-electron chi connectivity index (χ0n) is 15.6. The van der Waals surface area contributed by atoms with Crippen molar-refractivity contribution in [2.24, 2.45) is 4.99 Å². The number of guanidine groups is 1. The minimum atomic E-state index is -1.07. The number of nitrogens with one attached hydrogen (secondary N) is 2. The molecule has 0 saturated heterocycles. The van der Waals surface area contributed by atoms with Crippen molar-refractivity contribution in [3.05, 3.63) is 39.2 Å². The third-order valence-electron chi connectivity index (χ3n) is 3.81. The van der Waals surface area contributed by atoms with E-state index in [-0.39, 0.29) is 6.54 Å². The van der Waals surface area contributed by atoms with E-state index >= 15 is 0 Å². The van der Waals surface area contributed by atoms with Gasteiger partial charge >= 0.3 is 0 Å². The summed E-state index contributed by atoms with van der Waals surface area (Å²) in [7, 11) is 0. The fourth-order valence-electron chi connectivity index (χ4n) is 2.63. The fraction of sp³-hybridized carbons (Fsp3) is 0.556. The Labute approximate surface area is 153 Å². The average Bonchev–Trinajstić information content (AvgIpc) is 3.10. The summed E-state index contributed by atoms with van der Waals surface area (Å²) in [5.41, 5.74) is -0.292. The summed E-state index contributed by atoms with van der Waals surface area (Å²) in [4.78, 5) is 10.1. The van der Waals surface area contributed by atoms with E-state index in [1.54, 1.807) is 18.3 Å². The molecule has 1 atom stereocenters. The van der Waals surface area contributed by atoms with Gasteiger partial charge in [-0.25, -0.2) is 9.98 Å². The summed E-state index contributed by atoms with van der Waals surface area (Å²) >= 11 is 1.71. The quantitative estimate of drug-likeness (QED) is 0.520. The second-order valence-electron chi connectivity index (χ2n) is 6.34. The summed E-state index contributed by atoms with van der Waals surface area (Å²) < 4.78 is 5.53. The van der Waals surface area contributed by atoms with E-state index in [1.165, 1.54) is 4.88 Å². The number of thiazole rings is 1. The van der Waals surface area contributed by atoms with Gasteiger partial charge in [0.05, 0.1) is 11.6 Å². The molecule has 7 heteroatoms. The smallest absolute Gasteiger partial charge is 0.191 e. The third-order valence-corrected chi connectivity index (χ3v) is 4.78. The molecule has 2 aromatic rings. The Balaban J connectivity index is 1.96. The normalized spacial score (nSPS) is 14.4. The first-order valence-corrected chi connectivity index (χ1v) is 9.37. The Morgan fingerprint density at radius 3 is 2.68 bits per heavy atom. The van der Waals surface area contributed by atoms with Gasteiger partial charge < -0.3 is 20.2 Å². The monoisotopic (exact) mass is 364 g/mol. The lowest BCUT2D eigenvalue weighted by atomic mass is 9.96. The van der Waals surface area contributed by atoms with Crippen molar-refractivity contribution in [1.29, 1.82) is 0 Å². The lowest BCUT2D eigenvalue weighted by Gasteiger charge is -2.21. The van der Waals surface area contributed by atoms with Crippen LogP contribution in [-0.2, 0) is 12.0 Å². The van der Waals surface area contributed by atoms with Gasteiger partial charge in [0, 0.05) is 36.1 Å². The van der Waals surface area contributed by atoms with Gasteiger partial charge in [-0.3, -0.25) is 0 Å². The molecule has 3 N–H and O–H groups in total. The van der Waals surface area contributed by atoms with E-state index in [9.17, 15) is 5.11 Å². The molecular weight excluding hydrogens is 336 g/mol. The van der Waals surface area contributed by atoms with E-state index in [4.69, 9.17) is 4.42 Å². The Morgan fingerprint density at radius 2 is 2.12 bits per heavy atom. The SMILES string of the molecule is CCNC(=NCC(C)(O)c1cc(C)oc1C)NCCc1ncc(C)s1. The number of hydrogen-bond donors (Lipinski definition) is 3. The topological polar surface area (TPSA) is 82.7 Å². The van der Waals surface area contributed by atoms with Crippen LogP contribution in [0.2, 0.25) is 0 Å². The highest BCUT2D eigenvalue weighted by molar-refractivity contribution is 7.11. The van der Waals surface area contributed by atoms with Gasteiger partial charge in [-0.05, 0) is 40.7 Å². The zero-order chi connectivity index (χ0) is 18.4. The maximum Gasteiger partial charge on any atom is 0.191 e. The van der Waals surface area contributed by atoms with Crippen molar-refractivity contribution < 1.29 is 9.52 Å². The highest BCUT2D eigenvalue weighted by Crippen LogP contribution is 2.27. The molecule has 2 aromatic heterocycles. The van der Waals surface area contributed by atoms with E-state index in [2.05, 4.69) is 27.5 Å². The van der Waals surface area contributed by atoms with E-state index < -0.39 is 5.60 Å². The van der Waals surface area contributed by atoms with Gasteiger partial charge in [0.2, 0.25) is 0 Å². The van der Waals surface area contributed by atoms with Crippen LogP contribution in [0.3, 0.4) is 0 Å². The van der Waals surface area contributed by atoms with Crippen LogP contribution in [0.15, 0.2) is 21.7 Å². The van der Waals surface area contributed by atoms with Gasteiger partial charge in [0.1, 0.15) is 17.1 Å². The largest absolute Gasteiger partial charge is 0.466 e. The minimum Gasteiger partial charge on any atom is -0.466 e. The Morgan fingerprint density at radius 1 is 1.36 bits per heavy atom. The van der Waals surface area contributed by atoms with Crippen molar-refractivity contribution in [2.45, 2.75) is 46.6 Å². The van der Waals surface area contributed by atoms with Crippen LogP contribution in [0.5, 0.6) is 0 Å². The molecule has 0 radical (unpaired) electrons. The van der Waals surface area contributed by atoms with E-state index in [0.717, 1.165) is 41.6 Å². The standard InChI is InChI=1S/C18H28N4O2S/c1-6-19-17(20-8-7-16-21-10-13(3)25-16)22-11-18(5,23)15-9-12(2)24-14(15)4/h9-10,23H,6-8,11H2,1-5H3,(H2,19,20,22). The fourth-order valence-corrected chi connectivity index (χ4v) is 3.42. The van der Waals surface area contributed by atoms with Crippen LogP contribution in [-0.4, -0.2) is 35.7 Å². The molecule has 0 aromatic carbocycles. The molecule has 0 amide bonds. The van der Waals surface area contributed by atoms with Crippen molar-refractivity contribution in [3.63, 3.8) is 0 Å². The molecule has 0 spiro atoms. The number of aryl methyl sites for hydroxylation is 3. The molecule has 138 valence electrons. The molecule has 2 heterocycles. The van der Waals surface area contributed by atoms with Crippen LogP contribution >= 0.6 is 11.3 Å². The maximum absolute atomic E-state index is 10.8. The van der Waals surface area contributed by atoms with Crippen molar-refractivity contribution >= 4 is 17.3 Å². The number of aromatic nitrogens is 1. The predicted octanol–water partition coefficient (Wildman–Crippen LogP) is 2.67. The average molecular weight is 365 g/mol. The highest BCUT2D eigenvalue weighted by Gasteiger charge is 2.27. The Bertz CT molecular complexity index is 718. The first-order valence-electron chi connectivity index (χ1n) is 8.55. The number of furan rings is 1. The summed E-state index contributed by atoms with van der Waals surface area (Å²) in [6, 6.07) is 1.87. The molecule has 0 aliphatic carbocycles. The van der Waals surface area contributed by atoms with Gasteiger partial charge in [-0.15, -0.1) is 11.3 Å². The molecule has 0 fully saturated rings. The van der Waals surface area contributed by atoms with Crippen LogP contribution < -0.4 is 10.6 Å². The summed E-state index contributed by atoms with van der Waals surface area (Å²) in [5.74, 6) is 2.21. The first kappa shape index (κ1) is 19.5. The van der Waals surface area contributed by atoms with Gasteiger partial charge in [-0.1, -0.05) is 0 Å². The van der Waals surface area contributed by atoms with Crippen LogP contribution in [0.1, 0.15) is 40.8 Å². The number of rotatable bonds is 7. The predicted molar refractivity (Wildman–Crippen MR) is 102 cm³/mol. The number of aliphatic imine (C=N–C) groups is 1. The molecule has 0 aliphatic rings. The van der Waals surface area contributed by atoms with Crippen LogP contribution in [0, 0.1) is 20.8 Å². The van der Waals surface area contributed by atoms with E-state index in [1.807, 2.05) is 33.0 Å². The molecule has 1 unspecified atom stereocenters. The molecule has 0 bridgehead atoms. The summed E-state index contributed by atoms with van der Waals surface area (Å²) in [5, 5.41) is 18.4. The van der Waals surface area contributed by atoms with Gasteiger partial charge in [0.25, 0.3) is 0 Å². The van der Waals surface area contributed by atoms with Crippen LogP contribution in [0.4, 0.5) is 0 Å². The molecule has 0 saturated carbocycles. The second-order valence-corrected chi connectivity index (χ2v) is 7.66. The van der Waals surface area contributed by atoms with Crippen LogP contribution in [0.25, 0.3) is 0 Å². The lowest BCUT2D eigenvalue weighted by Crippen LogP contribution is -2.39. The van der Waals surface area contributed by atoms with Crippen molar-refractivity contribution in [1.82, 2.24) is 15.6 Å². The van der Waals surface area contributed by atoms with Crippen molar-refractivity contribution in [2.75, 3.05) is 19.6 Å². The maximum atomic E-state index is 10.8. The molecule has 6 nitrogen and oxygen atoms in total.